The van der Waals surface area contributed by atoms with Gasteiger partial charge in [-0.2, -0.15) is 0 Å². The summed E-state index contributed by atoms with van der Waals surface area (Å²) in [5.74, 6) is -1.38. The lowest BCUT2D eigenvalue weighted by Gasteiger charge is -2.44. The Morgan fingerprint density at radius 1 is 1.08 bits per heavy atom. The van der Waals surface area contributed by atoms with Crippen molar-refractivity contribution >= 4 is 20.4 Å². The van der Waals surface area contributed by atoms with E-state index in [1.807, 2.05) is 30.3 Å². The van der Waals surface area contributed by atoms with E-state index in [1.165, 1.54) is 12.1 Å². The molecule has 0 radical (unpaired) electrons. The molecule has 0 aliphatic carbocycles. The minimum Gasteiger partial charge on any atom is -0.462 e. The van der Waals surface area contributed by atoms with Gasteiger partial charge in [0.1, 0.15) is 12.4 Å². The van der Waals surface area contributed by atoms with Crippen LogP contribution in [0.2, 0.25) is 18.1 Å². The lowest BCUT2D eigenvalue weighted by atomic mass is 9.93. The van der Waals surface area contributed by atoms with Gasteiger partial charge in [0.05, 0.1) is 18.2 Å². The number of carbonyl (C=O) groups is 2. The summed E-state index contributed by atoms with van der Waals surface area (Å²) in [5.41, 5.74) is 1.37. The molecule has 1 heterocycles. The zero-order valence-corrected chi connectivity index (χ0v) is 23.2. The second-order valence-corrected chi connectivity index (χ2v) is 15.5. The van der Waals surface area contributed by atoms with Crippen molar-refractivity contribution in [2.24, 2.45) is 0 Å². The van der Waals surface area contributed by atoms with Crippen LogP contribution < -0.4 is 0 Å². The van der Waals surface area contributed by atoms with Crippen molar-refractivity contribution < 1.29 is 27.9 Å². The maximum Gasteiger partial charge on any atom is 0.410 e. The van der Waals surface area contributed by atoms with Crippen molar-refractivity contribution in [1.82, 2.24) is 4.90 Å². The molecule has 36 heavy (non-hydrogen) atoms. The molecule has 0 bridgehead atoms. The lowest BCUT2D eigenvalue weighted by molar-refractivity contribution is 0.0298. The number of nitrogens with zero attached hydrogens (tertiary/aromatic N) is 1. The fourth-order valence-electron chi connectivity index (χ4n) is 4.08. The summed E-state index contributed by atoms with van der Waals surface area (Å²) in [6.45, 7) is 13.4. The van der Waals surface area contributed by atoms with Crippen LogP contribution in [0.4, 0.5) is 9.18 Å². The molecule has 1 unspecified atom stereocenters. The van der Waals surface area contributed by atoms with E-state index in [2.05, 4.69) is 33.9 Å². The molecule has 2 atom stereocenters. The molecule has 2 aromatic rings. The molecule has 0 aromatic heterocycles. The van der Waals surface area contributed by atoms with E-state index in [9.17, 15) is 14.0 Å². The van der Waals surface area contributed by atoms with Gasteiger partial charge in [-0.15, -0.1) is 0 Å². The Labute approximate surface area is 214 Å². The Morgan fingerprint density at radius 3 is 2.39 bits per heavy atom. The molecule has 1 amide bonds. The number of amides is 1. The number of hydrogen-bond acceptors (Lipinski definition) is 5. The smallest absolute Gasteiger partial charge is 0.410 e. The third-order valence-corrected chi connectivity index (χ3v) is 11.7. The van der Waals surface area contributed by atoms with Crippen LogP contribution in [0.5, 0.6) is 0 Å². The first-order valence-electron chi connectivity index (χ1n) is 12.5. The number of rotatable bonds is 7. The summed E-state index contributed by atoms with van der Waals surface area (Å²) in [5, 5.41) is 0.0433. The van der Waals surface area contributed by atoms with Gasteiger partial charge in [-0.1, -0.05) is 57.2 Å². The van der Waals surface area contributed by atoms with Gasteiger partial charge in [0.25, 0.3) is 0 Å². The SMILES string of the molecule is CCOC(=O)c1ccc([C@@H]2CC(O[Si](C)(C)C(C)(C)C)CCN2C(=O)OCc2ccccc2)cc1F. The topological polar surface area (TPSA) is 65.1 Å². The number of carbonyl (C=O) groups excluding carboxylic acids is 2. The first kappa shape index (κ1) is 27.9. The Bertz CT molecular complexity index is 1050. The Kier molecular flexibility index (Phi) is 8.95. The zero-order valence-electron chi connectivity index (χ0n) is 22.2. The second kappa shape index (κ2) is 11.6. The summed E-state index contributed by atoms with van der Waals surface area (Å²) in [4.78, 5) is 26.9. The standard InChI is InChI=1S/C28H38FNO5Si/c1-7-33-26(31)23-14-13-21(17-24(23)29)25-18-22(35-36(5,6)28(2,3)4)15-16-30(25)27(32)34-19-20-11-9-8-10-12-20/h8-14,17,22,25H,7,15-16,18-19H2,1-6H3/t22?,25-/m0/s1. The van der Waals surface area contributed by atoms with Crippen molar-refractivity contribution in [2.45, 2.75) is 77.4 Å². The molecule has 0 spiro atoms. The maximum atomic E-state index is 14.9. The van der Waals surface area contributed by atoms with Gasteiger partial charge in [-0.25, -0.2) is 14.0 Å². The van der Waals surface area contributed by atoms with Crippen LogP contribution >= 0.6 is 0 Å². The summed E-state index contributed by atoms with van der Waals surface area (Å²) in [6, 6.07) is 13.5. The molecule has 2 aromatic carbocycles. The van der Waals surface area contributed by atoms with Crippen molar-refractivity contribution in [3.05, 3.63) is 71.0 Å². The van der Waals surface area contributed by atoms with Crippen molar-refractivity contribution in [2.75, 3.05) is 13.2 Å². The number of likely N-dealkylation sites (tertiary alicyclic amines) is 1. The van der Waals surface area contributed by atoms with Crippen LogP contribution in [-0.2, 0) is 20.5 Å². The minimum absolute atomic E-state index is 0.0433. The molecule has 0 N–H and O–H groups in total. The number of hydrogen-bond donors (Lipinski definition) is 0. The van der Waals surface area contributed by atoms with Gasteiger partial charge < -0.3 is 18.8 Å². The van der Waals surface area contributed by atoms with Gasteiger partial charge in [-0.3, -0.25) is 0 Å². The average Bonchev–Trinajstić information content (AvgIpc) is 2.82. The fraction of sp³-hybridized carbons (Fsp3) is 0.500. The van der Waals surface area contributed by atoms with Gasteiger partial charge in [0, 0.05) is 12.6 Å². The van der Waals surface area contributed by atoms with E-state index in [4.69, 9.17) is 13.9 Å². The Morgan fingerprint density at radius 2 is 1.78 bits per heavy atom. The van der Waals surface area contributed by atoms with Crippen LogP contribution in [0.1, 0.15) is 68.1 Å². The third-order valence-electron chi connectivity index (χ3n) is 7.13. The molecular weight excluding hydrogens is 477 g/mol. The predicted molar refractivity (Wildman–Crippen MR) is 140 cm³/mol. The van der Waals surface area contributed by atoms with Crippen molar-refractivity contribution in [3.63, 3.8) is 0 Å². The van der Waals surface area contributed by atoms with Crippen molar-refractivity contribution in [3.8, 4) is 0 Å². The summed E-state index contributed by atoms with van der Waals surface area (Å²) in [7, 11) is -2.05. The first-order chi connectivity index (χ1) is 16.9. The van der Waals surface area contributed by atoms with Crippen LogP contribution in [0.15, 0.2) is 48.5 Å². The molecule has 1 fully saturated rings. The third kappa shape index (κ3) is 6.73. The summed E-state index contributed by atoms with van der Waals surface area (Å²) >= 11 is 0. The van der Waals surface area contributed by atoms with Gasteiger partial charge in [0.2, 0.25) is 0 Å². The predicted octanol–water partition coefficient (Wildman–Crippen LogP) is 6.87. The summed E-state index contributed by atoms with van der Waals surface area (Å²) in [6.07, 6.45) is 0.671. The largest absolute Gasteiger partial charge is 0.462 e. The highest BCUT2D eigenvalue weighted by Gasteiger charge is 2.42. The maximum absolute atomic E-state index is 14.9. The van der Waals surface area contributed by atoms with E-state index in [0.29, 0.717) is 24.9 Å². The number of benzene rings is 2. The average molecular weight is 516 g/mol. The number of ether oxygens (including phenoxy) is 2. The fourth-order valence-corrected chi connectivity index (χ4v) is 5.48. The number of piperidine rings is 1. The highest BCUT2D eigenvalue weighted by molar-refractivity contribution is 6.74. The first-order valence-corrected chi connectivity index (χ1v) is 15.5. The van der Waals surface area contributed by atoms with Gasteiger partial charge in [-0.05, 0) is 61.2 Å². The summed E-state index contributed by atoms with van der Waals surface area (Å²) < 4.78 is 32.2. The van der Waals surface area contributed by atoms with E-state index in [-0.39, 0.29) is 29.9 Å². The quantitative estimate of drug-likeness (QED) is 0.297. The normalized spacial score (nSPS) is 18.6. The Balaban J connectivity index is 1.84. The molecule has 8 heteroatoms. The lowest BCUT2D eigenvalue weighted by Crippen LogP contribution is -2.49. The van der Waals surface area contributed by atoms with Crippen molar-refractivity contribution in [1.29, 1.82) is 0 Å². The van der Waals surface area contributed by atoms with Crippen LogP contribution in [0, 0.1) is 5.82 Å². The molecule has 1 aliphatic rings. The molecule has 0 saturated carbocycles. The van der Waals surface area contributed by atoms with Gasteiger partial charge >= 0.3 is 12.1 Å². The van der Waals surface area contributed by atoms with Crippen LogP contribution in [0.3, 0.4) is 0 Å². The Hall–Kier alpha value is -2.71. The van der Waals surface area contributed by atoms with Crippen LogP contribution in [0.25, 0.3) is 0 Å². The molecule has 196 valence electrons. The van der Waals surface area contributed by atoms with E-state index in [1.54, 1.807) is 17.9 Å². The number of halogens is 1. The second-order valence-electron chi connectivity index (χ2n) is 10.7. The van der Waals surface area contributed by atoms with Gasteiger partial charge in [0.15, 0.2) is 8.32 Å². The minimum atomic E-state index is -2.05. The van der Waals surface area contributed by atoms with E-state index in [0.717, 1.165) is 5.56 Å². The van der Waals surface area contributed by atoms with E-state index >= 15 is 0 Å². The number of esters is 1. The van der Waals surface area contributed by atoms with E-state index < -0.39 is 32.2 Å². The molecule has 1 aliphatic heterocycles. The monoisotopic (exact) mass is 515 g/mol. The zero-order chi connectivity index (χ0) is 26.5. The molecule has 6 nitrogen and oxygen atoms in total. The molecule has 3 rings (SSSR count). The van der Waals surface area contributed by atoms with Crippen LogP contribution in [-0.4, -0.2) is 44.5 Å². The molecule has 1 saturated heterocycles. The highest BCUT2D eigenvalue weighted by Crippen LogP contribution is 2.41. The molecular formula is C28H38FNO5Si. The highest BCUT2D eigenvalue weighted by atomic mass is 28.4.